The predicted molar refractivity (Wildman–Crippen MR) is 70.5 cm³/mol. The second-order valence-electron chi connectivity index (χ2n) is 5.79. The Kier molecular flexibility index (Phi) is 4.45. The van der Waals surface area contributed by atoms with Gasteiger partial charge in [0.25, 0.3) is 0 Å². The van der Waals surface area contributed by atoms with E-state index in [4.69, 9.17) is 0 Å². The quantitative estimate of drug-likeness (QED) is 0.503. The SMILES string of the molecule is C=CCCCCC1[C@@H]2CCCC[C@H]2CN1C. The van der Waals surface area contributed by atoms with Crippen molar-refractivity contribution in [3.63, 3.8) is 0 Å². The zero-order chi connectivity index (χ0) is 11.4. The van der Waals surface area contributed by atoms with Crippen LogP contribution in [0.5, 0.6) is 0 Å². The molecule has 2 rings (SSSR count). The van der Waals surface area contributed by atoms with E-state index in [1.54, 1.807) is 0 Å². The first-order valence-corrected chi connectivity index (χ1v) is 7.14. The zero-order valence-electron chi connectivity index (χ0n) is 10.8. The first-order valence-electron chi connectivity index (χ1n) is 7.14. The molecule has 1 heteroatoms. The number of nitrogens with zero attached hydrogens (tertiary/aromatic N) is 1. The fourth-order valence-corrected chi connectivity index (χ4v) is 3.88. The third-order valence-electron chi connectivity index (χ3n) is 4.71. The van der Waals surface area contributed by atoms with Gasteiger partial charge in [-0.2, -0.15) is 0 Å². The largest absolute Gasteiger partial charge is 0.303 e. The molecule has 1 unspecified atom stereocenters. The van der Waals surface area contributed by atoms with Gasteiger partial charge in [-0.1, -0.05) is 25.3 Å². The minimum atomic E-state index is 0.898. The minimum Gasteiger partial charge on any atom is -0.303 e. The van der Waals surface area contributed by atoms with E-state index in [9.17, 15) is 0 Å². The third kappa shape index (κ3) is 2.68. The summed E-state index contributed by atoms with van der Waals surface area (Å²) in [6.07, 6.45) is 13.4. The van der Waals surface area contributed by atoms with Gasteiger partial charge in [0, 0.05) is 12.6 Å². The van der Waals surface area contributed by atoms with Crippen molar-refractivity contribution in [2.24, 2.45) is 11.8 Å². The minimum absolute atomic E-state index is 0.898. The Hall–Kier alpha value is -0.300. The monoisotopic (exact) mass is 221 g/mol. The van der Waals surface area contributed by atoms with E-state index in [0.29, 0.717) is 0 Å². The van der Waals surface area contributed by atoms with Crippen molar-refractivity contribution >= 4 is 0 Å². The fraction of sp³-hybridized carbons (Fsp3) is 0.867. The molecule has 0 amide bonds. The number of hydrogen-bond donors (Lipinski definition) is 0. The van der Waals surface area contributed by atoms with Gasteiger partial charge in [0.05, 0.1) is 0 Å². The van der Waals surface area contributed by atoms with Gasteiger partial charge in [0.15, 0.2) is 0 Å². The molecule has 1 aliphatic heterocycles. The molecule has 1 saturated heterocycles. The Morgan fingerprint density at radius 2 is 2.06 bits per heavy atom. The molecule has 0 aromatic carbocycles. The predicted octanol–water partition coefficient (Wildman–Crippen LogP) is 3.85. The van der Waals surface area contributed by atoms with Crippen molar-refractivity contribution in [3.8, 4) is 0 Å². The highest BCUT2D eigenvalue weighted by atomic mass is 15.2. The molecule has 0 spiro atoms. The normalized spacial score (nSPS) is 34.9. The first kappa shape index (κ1) is 12.2. The Morgan fingerprint density at radius 1 is 1.25 bits per heavy atom. The standard InChI is InChI=1S/C15H27N/c1-3-4-5-6-11-15-14-10-8-7-9-13(14)12-16(15)2/h3,13-15H,1,4-12H2,2H3/t13-,14+,15?/m0/s1. The molecule has 16 heavy (non-hydrogen) atoms. The van der Waals surface area contributed by atoms with Gasteiger partial charge in [0.1, 0.15) is 0 Å². The van der Waals surface area contributed by atoms with E-state index >= 15 is 0 Å². The summed E-state index contributed by atoms with van der Waals surface area (Å²) in [5.74, 6) is 2.06. The molecule has 0 aromatic rings. The molecule has 3 atom stereocenters. The molecule has 1 nitrogen and oxygen atoms in total. The van der Waals surface area contributed by atoms with Gasteiger partial charge in [-0.3, -0.25) is 0 Å². The topological polar surface area (TPSA) is 3.24 Å². The lowest BCUT2D eigenvalue weighted by atomic mass is 9.77. The van der Waals surface area contributed by atoms with Gasteiger partial charge in [0.2, 0.25) is 0 Å². The lowest BCUT2D eigenvalue weighted by molar-refractivity contribution is 0.220. The Morgan fingerprint density at radius 3 is 2.88 bits per heavy atom. The highest BCUT2D eigenvalue weighted by Crippen LogP contribution is 2.41. The van der Waals surface area contributed by atoms with E-state index in [2.05, 4.69) is 24.6 Å². The van der Waals surface area contributed by atoms with Crippen LogP contribution in [0.25, 0.3) is 0 Å². The van der Waals surface area contributed by atoms with Crippen LogP contribution in [-0.2, 0) is 0 Å². The smallest absolute Gasteiger partial charge is 0.0124 e. The van der Waals surface area contributed by atoms with Crippen LogP contribution in [0.15, 0.2) is 12.7 Å². The van der Waals surface area contributed by atoms with Gasteiger partial charge in [-0.05, 0) is 51.0 Å². The molecule has 1 heterocycles. The molecule has 2 aliphatic rings. The Balaban J connectivity index is 1.80. The van der Waals surface area contributed by atoms with Gasteiger partial charge in [-0.25, -0.2) is 0 Å². The van der Waals surface area contributed by atoms with E-state index in [-0.39, 0.29) is 0 Å². The summed E-state index contributed by atoms with van der Waals surface area (Å²) in [4.78, 5) is 2.65. The first-order chi connectivity index (χ1) is 7.83. The average Bonchev–Trinajstić information content (AvgIpc) is 2.61. The van der Waals surface area contributed by atoms with Crippen molar-refractivity contribution in [1.82, 2.24) is 4.90 Å². The van der Waals surface area contributed by atoms with E-state index in [1.165, 1.54) is 57.9 Å². The van der Waals surface area contributed by atoms with E-state index < -0.39 is 0 Å². The fourth-order valence-electron chi connectivity index (χ4n) is 3.88. The number of unbranched alkanes of at least 4 members (excludes halogenated alkanes) is 2. The number of likely N-dealkylation sites (tertiary alicyclic amines) is 1. The van der Waals surface area contributed by atoms with Crippen LogP contribution in [0, 0.1) is 11.8 Å². The third-order valence-corrected chi connectivity index (χ3v) is 4.71. The summed E-state index contributed by atoms with van der Waals surface area (Å²) in [5, 5.41) is 0. The van der Waals surface area contributed by atoms with Crippen molar-refractivity contribution in [2.75, 3.05) is 13.6 Å². The summed E-state index contributed by atoms with van der Waals surface area (Å²) in [5.41, 5.74) is 0. The number of rotatable bonds is 5. The van der Waals surface area contributed by atoms with Crippen LogP contribution in [0.1, 0.15) is 51.4 Å². The number of allylic oxidation sites excluding steroid dienone is 1. The van der Waals surface area contributed by atoms with Crippen LogP contribution >= 0.6 is 0 Å². The molecule has 0 N–H and O–H groups in total. The molecule has 2 fully saturated rings. The molecule has 1 aliphatic carbocycles. The lowest BCUT2D eigenvalue weighted by Crippen LogP contribution is -2.30. The molecule has 1 saturated carbocycles. The van der Waals surface area contributed by atoms with Crippen LogP contribution in [-0.4, -0.2) is 24.5 Å². The highest BCUT2D eigenvalue weighted by Gasteiger charge is 2.39. The summed E-state index contributed by atoms with van der Waals surface area (Å²) in [6, 6.07) is 0.898. The maximum atomic E-state index is 3.80. The van der Waals surface area contributed by atoms with E-state index in [0.717, 1.165) is 17.9 Å². The van der Waals surface area contributed by atoms with E-state index in [1.807, 2.05) is 0 Å². The van der Waals surface area contributed by atoms with Gasteiger partial charge in [-0.15, -0.1) is 6.58 Å². The van der Waals surface area contributed by atoms with Gasteiger partial charge < -0.3 is 4.90 Å². The van der Waals surface area contributed by atoms with Crippen LogP contribution < -0.4 is 0 Å². The second-order valence-corrected chi connectivity index (χ2v) is 5.79. The highest BCUT2D eigenvalue weighted by molar-refractivity contribution is 4.93. The Bertz CT molecular complexity index is 223. The summed E-state index contributed by atoms with van der Waals surface area (Å²) in [7, 11) is 2.34. The van der Waals surface area contributed by atoms with Crippen molar-refractivity contribution in [2.45, 2.75) is 57.4 Å². The van der Waals surface area contributed by atoms with Crippen molar-refractivity contribution < 1.29 is 0 Å². The second kappa shape index (κ2) is 5.86. The average molecular weight is 221 g/mol. The van der Waals surface area contributed by atoms with Crippen LogP contribution in [0.3, 0.4) is 0 Å². The molecular formula is C15H27N. The maximum Gasteiger partial charge on any atom is 0.0124 e. The molecule has 0 aromatic heterocycles. The summed E-state index contributed by atoms with van der Waals surface area (Å²) >= 11 is 0. The Labute approximate surface area is 101 Å². The van der Waals surface area contributed by atoms with Crippen LogP contribution in [0.4, 0.5) is 0 Å². The van der Waals surface area contributed by atoms with Crippen molar-refractivity contribution in [1.29, 1.82) is 0 Å². The number of hydrogen-bond acceptors (Lipinski definition) is 1. The molecule has 0 radical (unpaired) electrons. The van der Waals surface area contributed by atoms with Gasteiger partial charge >= 0.3 is 0 Å². The van der Waals surface area contributed by atoms with Crippen LogP contribution in [0.2, 0.25) is 0 Å². The maximum absolute atomic E-state index is 3.80. The molecular weight excluding hydrogens is 194 g/mol. The molecule has 92 valence electrons. The lowest BCUT2D eigenvalue weighted by Gasteiger charge is -2.29. The molecule has 0 bridgehead atoms. The summed E-state index contributed by atoms with van der Waals surface area (Å²) in [6.45, 7) is 5.17. The zero-order valence-corrected chi connectivity index (χ0v) is 10.8. The van der Waals surface area contributed by atoms with Crippen molar-refractivity contribution in [3.05, 3.63) is 12.7 Å². The number of fused-ring (bicyclic) bond motifs is 1. The summed E-state index contributed by atoms with van der Waals surface area (Å²) < 4.78 is 0.